The molecule has 2 fully saturated rings. The van der Waals surface area contributed by atoms with Crippen LogP contribution in [0.25, 0.3) is 0 Å². The van der Waals surface area contributed by atoms with Crippen molar-refractivity contribution >= 4 is 6.09 Å². The fourth-order valence-corrected chi connectivity index (χ4v) is 3.55. The van der Waals surface area contributed by atoms with E-state index in [9.17, 15) is 9.90 Å². The maximum atomic E-state index is 12.5. The standard InChI is InChI=1S/C17H28N2O4/c1-16(2,3)23-15(20)19-13-9-17(21,7-5-4-6-8-18)10-14(19)12-22-11-13/h13-14,21H,4-7,9-12H2,1-3H3. The fourth-order valence-electron chi connectivity index (χ4n) is 3.55. The van der Waals surface area contributed by atoms with Crippen molar-refractivity contribution in [3.63, 3.8) is 0 Å². The van der Waals surface area contributed by atoms with Crippen LogP contribution in [0.5, 0.6) is 0 Å². The monoisotopic (exact) mass is 324 g/mol. The lowest BCUT2D eigenvalue weighted by Gasteiger charge is -2.51. The molecular formula is C17H28N2O4. The summed E-state index contributed by atoms with van der Waals surface area (Å²) in [5.41, 5.74) is -1.30. The maximum Gasteiger partial charge on any atom is 0.410 e. The summed E-state index contributed by atoms with van der Waals surface area (Å²) in [6.45, 7) is 6.44. The van der Waals surface area contributed by atoms with E-state index in [-0.39, 0.29) is 18.2 Å². The Balaban J connectivity index is 2.00. The van der Waals surface area contributed by atoms with Gasteiger partial charge in [0.05, 0.1) is 37.0 Å². The van der Waals surface area contributed by atoms with E-state index in [2.05, 4.69) is 6.07 Å². The van der Waals surface area contributed by atoms with E-state index in [1.807, 2.05) is 20.8 Å². The van der Waals surface area contributed by atoms with E-state index < -0.39 is 11.2 Å². The molecule has 0 spiro atoms. The number of unbranched alkanes of at least 4 members (excludes halogenated alkanes) is 2. The normalized spacial score (nSPS) is 30.7. The predicted molar refractivity (Wildman–Crippen MR) is 84.7 cm³/mol. The minimum atomic E-state index is -0.771. The molecule has 2 saturated heterocycles. The first kappa shape index (κ1) is 18.0. The molecule has 0 aromatic carbocycles. The molecule has 6 nitrogen and oxygen atoms in total. The van der Waals surface area contributed by atoms with Crippen molar-refractivity contribution in [1.82, 2.24) is 4.90 Å². The number of nitrogens with zero attached hydrogens (tertiary/aromatic N) is 2. The molecule has 2 heterocycles. The highest BCUT2D eigenvalue weighted by atomic mass is 16.6. The minimum absolute atomic E-state index is 0.140. The molecule has 0 aromatic rings. The van der Waals surface area contributed by atoms with E-state index >= 15 is 0 Å². The lowest BCUT2D eigenvalue weighted by Crippen LogP contribution is -2.64. The highest BCUT2D eigenvalue weighted by molar-refractivity contribution is 5.69. The van der Waals surface area contributed by atoms with Crippen molar-refractivity contribution in [2.45, 2.75) is 82.6 Å². The molecule has 1 amide bonds. The Bertz CT molecular complexity index is 452. The maximum absolute atomic E-state index is 12.5. The minimum Gasteiger partial charge on any atom is -0.444 e. The van der Waals surface area contributed by atoms with Gasteiger partial charge in [0.25, 0.3) is 0 Å². The Morgan fingerprint density at radius 1 is 1.35 bits per heavy atom. The SMILES string of the molecule is CC(C)(C)OC(=O)N1C2COCC1CC(O)(CCCCC#N)C2. The third kappa shape index (κ3) is 4.82. The zero-order chi connectivity index (χ0) is 17.1. The number of carbonyl (C=O) groups is 1. The van der Waals surface area contributed by atoms with Crippen molar-refractivity contribution in [3.8, 4) is 6.07 Å². The summed E-state index contributed by atoms with van der Waals surface area (Å²) < 4.78 is 11.1. The molecule has 2 atom stereocenters. The number of carbonyl (C=O) groups excluding carboxylic acids is 1. The number of hydrogen-bond donors (Lipinski definition) is 1. The number of amides is 1. The summed E-state index contributed by atoms with van der Waals surface area (Å²) in [5.74, 6) is 0. The van der Waals surface area contributed by atoms with Crippen molar-refractivity contribution in [2.75, 3.05) is 13.2 Å². The van der Waals surface area contributed by atoms with Crippen molar-refractivity contribution in [3.05, 3.63) is 0 Å². The number of piperidine rings is 1. The van der Waals surface area contributed by atoms with Crippen LogP contribution >= 0.6 is 0 Å². The molecular weight excluding hydrogens is 296 g/mol. The summed E-state index contributed by atoms with van der Waals surface area (Å²) in [5, 5.41) is 19.5. The Morgan fingerprint density at radius 2 is 1.96 bits per heavy atom. The molecule has 0 aliphatic carbocycles. The second-order valence-electron chi connectivity index (χ2n) is 7.73. The quantitative estimate of drug-likeness (QED) is 0.804. The van der Waals surface area contributed by atoms with Gasteiger partial charge in [-0.1, -0.05) is 0 Å². The van der Waals surface area contributed by atoms with E-state index in [1.165, 1.54) is 0 Å². The molecule has 2 rings (SSSR count). The second-order valence-corrected chi connectivity index (χ2v) is 7.73. The molecule has 1 N–H and O–H groups in total. The van der Waals surface area contributed by atoms with Crippen LogP contribution in [-0.4, -0.2) is 52.6 Å². The molecule has 0 radical (unpaired) electrons. The summed E-state index contributed by atoms with van der Waals surface area (Å²) in [4.78, 5) is 14.2. The second kappa shape index (κ2) is 7.06. The number of fused-ring (bicyclic) bond motifs is 2. The van der Waals surface area contributed by atoms with Crippen LogP contribution in [0.1, 0.15) is 59.3 Å². The van der Waals surface area contributed by atoms with E-state index in [4.69, 9.17) is 14.7 Å². The Labute approximate surface area is 138 Å². The van der Waals surface area contributed by atoms with Gasteiger partial charge in [-0.05, 0) is 52.9 Å². The van der Waals surface area contributed by atoms with Gasteiger partial charge >= 0.3 is 6.09 Å². The molecule has 2 aliphatic rings. The number of hydrogen-bond acceptors (Lipinski definition) is 5. The molecule has 0 saturated carbocycles. The third-order valence-electron chi connectivity index (χ3n) is 4.42. The van der Waals surface area contributed by atoms with Crippen molar-refractivity contribution in [1.29, 1.82) is 5.26 Å². The van der Waals surface area contributed by atoms with Gasteiger partial charge in [0.1, 0.15) is 5.60 Å². The van der Waals surface area contributed by atoms with Crippen LogP contribution in [0.15, 0.2) is 0 Å². The van der Waals surface area contributed by atoms with Gasteiger partial charge in [0.15, 0.2) is 0 Å². The van der Waals surface area contributed by atoms with Crippen molar-refractivity contribution < 1.29 is 19.4 Å². The van der Waals surface area contributed by atoms with Gasteiger partial charge < -0.3 is 14.6 Å². The Morgan fingerprint density at radius 3 is 2.48 bits per heavy atom. The third-order valence-corrected chi connectivity index (χ3v) is 4.42. The van der Waals surface area contributed by atoms with Crippen LogP contribution in [0.2, 0.25) is 0 Å². The van der Waals surface area contributed by atoms with Gasteiger partial charge in [0.2, 0.25) is 0 Å². The number of rotatable bonds is 4. The largest absolute Gasteiger partial charge is 0.444 e. The number of nitriles is 1. The first-order valence-electron chi connectivity index (χ1n) is 8.42. The number of aliphatic hydroxyl groups is 1. The molecule has 0 aromatic heterocycles. The zero-order valence-corrected chi connectivity index (χ0v) is 14.4. The topological polar surface area (TPSA) is 82.8 Å². The van der Waals surface area contributed by atoms with Gasteiger partial charge in [-0.3, -0.25) is 4.90 Å². The summed E-state index contributed by atoms with van der Waals surface area (Å²) in [7, 11) is 0. The van der Waals surface area contributed by atoms with Crippen LogP contribution < -0.4 is 0 Å². The molecule has 2 unspecified atom stereocenters. The summed E-state index contributed by atoms with van der Waals surface area (Å²) in [6.07, 6.45) is 3.53. The summed E-state index contributed by atoms with van der Waals surface area (Å²) in [6, 6.07) is 1.85. The Kier molecular flexibility index (Phi) is 5.53. The van der Waals surface area contributed by atoms with E-state index in [0.29, 0.717) is 38.9 Å². The van der Waals surface area contributed by atoms with Crippen LogP contribution in [0.4, 0.5) is 4.79 Å². The molecule has 2 aliphatic heterocycles. The summed E-state index contributed by atoms with van der Waals surface area (Å²) >= 11 is 0. The number of morpholine rings is 1. The highest BCUT2D eigenvalue weighted by Crippen LogP contribution is 2.38. The van der Waals surface area contributed by atoms with Gasteiger partial charge in [-0.15, -0.1) is 0 Å². The molecule has 23 heavy (non-hydrogen) atoms. The van der Waals surface area contributed by atoms with Crippen LogP contribution in [0.3, 0.4) is 0 Å². The van der Waals surface area contributed by atoms with Gasteiger partial charge in [0, 0.05) is 6.42 Å². The van der Waals surface area contributed by atoms with E-state index in [0.717, 1.165) is 12.8 Å². The van der Waals surface area contributed by atoms with Crippen LogP contribution in [-0.2, 0) is 9.47 Å². The molecule has 2 bridgehead atoms. The first-order valence-corrected chi connectivity index (χ1v) is 8.42. The smallest absolute Gasteiger partial charge is 0.410 e. The zero-order valence-electron chi connectivity index (χ0n) is 14.4. The van der Waals surface area contributed by atoms with Gasteiger partial charge in [-0.2, -0.15) is 5.26 Å². The molecule has 6 heteroatoms. The van der Waals surface area contributed by atoms with Crippen LogP contribution in [0, 0.1) is 11.3 Å². The highest BCUT2D eigenvalue weighted by Gasteiger charge is 2.48. The number of ether oxygens (including phenoxy) is 2. The average Bonchev–Trinajstić information content (AvgIpc) is 2.40. The van der Waals surface area contributed by atoms with E-state index in [1.54, 1.807) is 4.90 Å². The average molecular weight is 324 g/mol. The first-order chi connectivity index (χ1) is 10.7. The van der Waals surface area contributed by atoms with Gasteiger partial charge in [-0.25, -0.2) is 4.79 Å². The lowest BCUT2D eigenvalue weighted by molar-refractivity contribution is -0.140. The fraction of sp³-hybridized carbons (Fsp3) is 0.882. The Hall–Kier alpha value is -1.32. The predicted octanol–water partition coefficient (Wildman–Crippen LogP) is 2.60. The molecule has 130 valence electrons. The lowest BCUT2D eigenvalue weighted by atomic mass is 9.78. The van der Waals surface area contributed by atoms with Crippen molar-refractivity contribution in [2.24, 2.45) is 0 Å².